The fourth-order valence-corrected chi connectivity index (χ4v) is 6.17. The molecule has 4 heterocycles. The van der Waals surface area contributed by atoms with E-state index in [-0.39, 0.29) is 18.6 Å². The Morgan fingerprint density at radius 3 is 2.80 bits per heavy atom. The van der Waals surface area contributed by atoms with Gasteiger partial charge < -0.3 is 30.0 Å². The number of nitriles is 1. The van der Waals surface area contributed by atoms with Crippen molar-refractivity contribution in [1.82, 2.24) is 20.2 Å². The SMILES string of the molecule is N#Cc1cnc2cc(OC3CCOC3)c(CNC(=O)C=C3CCNCC3)cc2c1Nc1ccc2c(ccn2Cc2ccccc2)c1. The summed E-state index contributed by atoms with van der Waals surface area (Å²) >= 11 is 0. The van der Waals surface area contributed by atoms with Crippen LogP contribution in [0, 0.1) is 11.3 Å². The van der Waals surface area contributed by atoms with Crippen molar-refractivity contribution in [2.24, 2.45) is 0 Å². The summed E-state index contributed by atoms with van der Waals surface area (Å²) in [6.07, 6.45) is 7.89. The van der Waals surface area contributed by atoms with Gasteiger partial charge in [-0.2, -0.15) is 5.26 Å². The third-order valence-electron chi connectivity index (χ3n) is 8.62. The van der Waals surface area contributed by atoms with E-state index in [1.54, 1.807) is 12.3 Å². The highest BCUT2D eigenvalue weighted by molar-refractivity contribution is 5.98. The Morgan fingerprint density at radius 1 is 1.13 bits per heavy atom. The van der Waals surface area contributed by atoms with E-state index >= 15 is 0 Å². The van der Waals surface area contributed by atoms with Gasteiger partial charge in [0.1, 0.15) is 17.9 Å². The fourth-order valence-electron chi connectivity index (χ4n) is 6.17. The summed E-state index contributed by atoms with van der Waals surface area (Å²) in [5.41, 5.74) is 6.97. The van der Waals surface area contributed by atoms with E-state index in [1.807, 2.05) is 24.3 Å². The summed E-state index contributed by atoms with van der Waals surface area (Å²) < 4.78 is 14.2. The second kappa shape index (κ2) is 13.4. The van der Waals surface area contributed by atoms with Gasteiger partial charge >= 0.3 is 0 Å². The molecule has 46 heavy (non-hydrogen) atoms. The molecule has 2 aromatic heterocycles. The molecule has 7 rings (SSSR count). The molecule has 3 N–H and O–H groups in total. The Bertz CT molecular complexity index is 1950. The number of hydrogen-bond donors (Lipinski definition) is 3. The number of nitrogens with zero attached hydrogens (tertiary/aromatic N) is 3. The number of ether oxygens (including phenoxy) is 2. The predicted molar refractivity (Wildman–Crippen MR) is 179 cm³/mol. The van der Waals surface area contributed by atoms with E-state index < -0.39 is 0 Å². The number of pyridine rings is 1. The van der Waals surface area contributed by atoms with Gasteiger partial charge in [0.25, 0.3) is 0 Å². The first-order valence-electron chi connectivity index (χ1n) is 15.8. The van der Waals surface area contributed by atoms with Gasteiger partial charge in [-0.1, -0.05) is 35.9 Å². The van der Waals surface area contributed by atoms with Crippen LogP contribution in [0.15, 0.2) is 90.8 Å². The number of benzene rings is 3. The van der Waals surface area contributed by atoms with Gasteiger partial charge in [-0.3, -0.25) is 9.78 Å². The Morgan fingerprint density at radius 2 is 2.00 bits per heavy atom. The molecule has 2 aliphatic heterocycles. The van der Waals surface area contributed by atoms with Crippen LogP contribution in [0.25, 0.3) is 21.8 Å². The highest BCUT2D eigenvalue weighted by atomic mass is 16.5. The van der Waals surface area contributed by atoms with E-state index in [0.29, 0.717) is 35.7 Å². The molecule has 232 valence electrons. The van der Waals surface area contributed by atoms with Crippen LogP contribution < -0.4 is 20.7 Å². The van der Waals surface area contributed by atoms with Gasteiger partial charge in [0.05, 0.1) is 30.0 Å². The van der Waals surface area contributed by atoms with E-state index in [9.17, 15) is 10.1 Å². The van der Waals surface area contributed by atoms with Crippen LogP contribution in [0.3, 0.4) is 0 Å². The van der Waals surface area contributed by atoms with Gasteiger partial charge in [0.2, 0.25) is 5.91 Å². The van der Waals surface area contributed by atoms with Crippen LogP contribution in [0.5, 0.6) is 5.75 Å². The number of amides is 1. The quantitative estimate of drug-likeness (QED) is 0.176. The van der Waals surface area contributed by atoms with Gasteiger partial charge in [-0.15, -0.1) is 0 Å². The molecule has 9 heteroatoms. The monoisotopic (exact) mass is 612 g/mol. The number of nitrogens with one attached hydrogen (secondary N) is 3. The molecule has 0 aliphatic carbocycles. The molecule has 0 saturated carbocycles. The highest BCUT2D eigenvalue weighted by Gasteiger charge is 2.21. The molecule has 1 amide bonds. The molecular formula is C37H36N6O3. The second-order valence-corrected chi connectivity index (χ2v) is 11.8. The van der Waals surface area contributed by atoms with Crippen molar-refractivity contribution < 1.29 is 14.3 Å². The second-order valence-electron chi connectivity index (χ2n) is 11.8. The Kier molecular flexibility index (Phi) is 8.63. The summed E-state index contributed by atoms with van der Waals surface area (Å²) in [6, 6.07) is 24.9. The maximum Gasteiger partial charge on any atom is 0.244 e. The normalized spacial score (nSPS) is 16.3. The van der Waals surface area contributed by atoms with E-state index in [0.717, 1.165) is 72.0 Å². The molecule has 0 spiro atoms. The molecule has 2 aliphatic rings. The third-order valence-corrected chi connectivity index (χ3v) is 8.62. The molecule has 0 bridgehead atoms. The smallest absolute Gasteiger partial charge is 0.244 e. The number of rotatable bonds is 9. The van der Waals surface area contributed by atoms with Crippen molar-refractivity contribution in [3.8, 4) is 11.8 Å². The Labute approximate surface area is 267 Å². The number of carbonyl (C=O) groups excluding carboxylic acids is 1. The topological polar surface area (TPSA) is 113 Å². The fraction of sp³-hybridized carbons (Fsp3) is 0.270. The van der Waals surface area contributed by atoms with Crippen molar-refractivity contribution in [3.05, 3.63) is 107 Å². The first-order valence-corrected chi connectivity index (χ1v) is 15.8. The Balaban J connectivity index is 1.20. The number of hydrogen-bond acceptors (Lipinski definition) is 7. The number of fused-ring (bicyclic) bond motifs is 2. The maximum atomic E-state index is 12.9. The van der Waals surface area contributed by atoms with Crippen molar-refractivity contribution in [1.29, 1.82) is 5.26 Å². The number of aromatic nitrogens is 2. The zero-order chi connectivity index (χ0) is 31.3. The van der Waals surface area contributed by atoms with E-state index in [2.05, 4.69) is 80.2 Å². The zero-order valence-electron chi connectivity index (χ0n) is 25.6. The minimum atomic E-state index is -0.123. The minimum absolute atomic E-state index is 0.0688. The number of carbonyl (C=O) groups is 1. The summed E-state index contributed by atoms with van der Waals surface area (Å²) in [7, 11) is 0. The zero-order valence-corrected chi connectivity index (χ0v) is 25.6. The van der Waals surface area contributed by atoms with Crippen molar-refractivity contribution >= 4 is 39.1 Å². The largest absolute Gasteiger partial charge is 0.487 e. The number of anilines is 2. The van der Waals surface area contributed by atoms with Crippen molar-refractivity contribution in [3.63, 3.8) is 0 Å². The van der Waals surface area contributed by atoms with Gasteiger partial charge in [0.15, 0.2) is 0 Å². The van der Waals surface area contributed by atoms with Crippen molar-refractivity contribution in [2.75, 3.05) is 31.6 Å². The van der Waals surface area contributed by atoms with Gasteiger partial charge in [0, 0.05) is 71.6 Å². The summed E-state index contributed by atoms with van der Waals surface area (Å²) in [6.45, 7) is 4.02. The standard InChI is InChI=1S/C37H36N6O3/c38-20-29-22-40-33-19-35(46-31-11-15-45-24-31)28(21-41-36(44)16-25-8-12-39-13-9-25)18-32(33)37(29)42-30-6-7-34-27(17-30)10-14-43(34)23-26-4-2-1-3-5-26/h1-7,10,14,16-19,22,31,39H,8-9,11-13,15,21,23-24H2,(H,40,42)(H,41,44). The summed E-state index contributed by atoms with van der Waals surface area (Å²) in [4.78, 5) is 17.5. The highest BCUT2D eigenvalue weighted by Crippen LogP contribution is 2.35. The van der Waals surface area contributed by atoms with E-state index in [4.69, 9.17) is 9.47 Å². The average molecular weight is 613 g/mol. The van der Waals surface area contributed by atoms with Crippen LogP contribution in [0.4, 0.5) is 11.4 Å². The van der Waals surface area contributed by atoms with Crippen LogP contribution in [0.2, 0.25) is 0 Å². The first-order chi connectivity index (χ1) is 22.6. The average Bonchev–Trinajstić information content (AvgIpc) is 3.75. The van der Waals surface area contributed by atoms with Gasteiger partial charge in [-0.25, -0.2) is 0 Å². The summed E-state index contributed by atoms with van der Waals surface area (Å²) in [5.74, 6) is 0.532. The first kappa shape index (κ1) is 29.5. The van der Waals surface area contributed by atoms with Gasteiger partial charge in [-0.05, 0) is 61.8 Å². The maximum absolute atomic E-state index is 12.9. The summed E-state index contributed by atoms with van der Waals surface area (Å²) in [5, 5.41) is 21.8. The predicted octanol–water partition coefficient (Wildman–Crippen LogP) is 5.95. The molecule has 2 saturated heterocycles. The van der Waals surface area contributed by atoms with Crippen molar-refractivity contribution in [2.45, 2.75) is 38.5 Å². The lowest BCUT2D eigenvalue weighted by atomic mass is 10.0. The molecule has 9 nitrogen and oxygen atoms in total. The van der Waals surface area contributed by atoms with E-state index in [1.165, 1.54) is 5.56 Å². The van der Waals surface area contributed by atoms with Crippen LogP contribution in [0.1, 0.15) is 36.0 Å². The van der Waals surface area contributed by atoms with Crippen LogP contribution in [-0.2, 0) is 22.6 Å². The minimum Gasteiger partial charge on any atom is -0.487 e. The third kappa shape index (κ3) is 6.59. The lowest BCUT2D eigenvalue weighted by Gasteiger charge is -2.19. The van der Waals surface area contributed by atoms with Crippen LogP contribution in [-0.4, -0.2) is 47.9 Å². The lowest BCUT2D eigenvalue weighted by Crippen LogP contribution is -2.26. The molecule has 3 aromatic carbocycles. The van der Waals surface area contributed by atoms with Crippen LogP contribution >= 0.6 is 0 Å². The molecule has 2 fully saturated rings. The molecule has 5 aromatic rings. The Hall–Kier alpha value is -5.17. The molecule has 0 radical (unpaired) electrons. The lowest BCUT2D eigenvalue weighted by molar-refractivity contribution is -0.116. The molecule has 1 atom stereocenters. The number of piperidine rings is 1. The molecular weight excluding hydrogens is 576 g/mol. The molecule has 1 unspecified atom stereocenters.